The average molecular weight is 1260 g/mol. The van der Waals surface area contributed by atoms with E-state index < -0.39 is 244 Å². The number of carbonyl (C=O) groups is 1. The molecule has 0 amide bonds. The summed E-state index contributed by atoms with van der Waals surface area (Å²) in [5, 5.41) is 199. The summed E-state index contributed by atoms with van der Waals surface area (Å²) in [5.74, 6) is -2.42. The molecule has 0 aromatic carbocycles. The van der Waals surface area contributed by atoms with Gasteiger partial charge in [0.05, 0.1) is 64.1 Å². The Morgan fingerprint density at radius 3 is 1.72 bits per heavy atom. The first-order valence-electron chi connectivity index (χ1n) is 30.5. The van der Waals surface area contributed by atoms with Gasteiger partial charge in [0, 0.05) is 5.41 Å². The number of fused-ring (bicyclic) bond motifs is 7. The number of aliphatic hydroxyl groups is 18. The zero-order valence-corrected chi connectivity index (χ0v) is 49.8. The summed E-state index contributed by atoms with van der Waals surface area (Å²) in [7, 11) is 0. The molecule has 0 aromatic rings. The number of hydrogen-bond acceptors (Lipinski definition) is 29. The number of carbonyl (C=O) groups excluding carboxylic acids is 1. The fourth-order valence-electron chi connectivity index (χ4n) is 17.8. The third-order valence-corrected chi connectivity index (χ3v) is 22.9. The van der Waals surface area contributed by atoms with E-state index in [0.717, 1.165) is 5.57 Å². The zero-order chi connectivity index (χ0) is 63.6. The first-order chi connectivity index (χ1) is 40.9. The fraction of sp³-hybridized carbons (Fsp3) is 0.948. The highest BCUT2D eigenvalue weighted by Crippen LogP contribution is 2.76. The molecule has 0 bridgehead atoms. The summed E-state index contributed by atoms with van der Waals surface area (Å²) < 4.78 is 58.9. The van der Waals surface area contributed by atoms with Gasteiger partial charge in [-0.3, -0.25) is 4.79 Å². The Bertz CT molecular complexity index is 2420. The second-order valence-corrected chi connectivity index (χ2v) is 28.1. The van der Waals surface area contributed by atoms with Crippen molar-refractivity contribution in [1.82, 2.24) is 0 Å². The van der Waals surface area contributed by atoms with Gasteiger partial charge in [-0.05, 0) is 97.7 Å². The zero-order valence-electron chi connectivity index (χ0n) is 49.8. The first kappa shape index (κ1) is 68.0. The molecule has 10 aliphatic rings. The largest absolute Gasteiger partial charge is 0.432 e. The second kappa shape index (κ2) is 25.1. The van der Waals surface area contributed by atoms with E-state index in [-0.39, 0.29) is 30.6 Å². The van der Waals surface area contributed by atoms with Gasteiger partial charge < -0.3 is 139 Å². The van der Waals surface area contributed by atoms with Gasteiger partial charge >= 0.3 is 5.97 Å². The predicted molar refractivity (Wildman–Crippen MR) is 288 cm³/mol. The van der Waals surface area contributed by atoms with Crippen molar-refractivity contribution in [2.45, 2.75) is 253 Å². The topological polar surface area (TPSA) is 474 Å². The van der Waals surface area contributed by atoms with E-state index in [9.17, 15) is 91.9 Å². The summed E-state index contributed by atoms with van der Waals surface area (Å²) in [6.45, 7) is 7.52. The van der Waals surface area contributed by atoms with Gasteiger partial charge in [-0.15, -0.1) is 0 Å². The maximum atomic E-state index is 15.4. The van der Waals surface area contributed by atoms with Crippen LogP contribution < -0.4 is 0 Å². The summed E-state index contributed by atoms with van der Waals surface area (Å²) in [6.07, 6.45) is -38.4. The maximum absolute atomic E-state index is 15.4. The van der Waals surface area contributed by atoms with Crippen LogP contribution in [0.2, 0.25) is 0 Å². The molecule has 5 heterocycles. The van der Waals surface area contributed by atoms with Crippen molar-refractivity contribution < 1.29 is 144 Å². The Balaban J connectivity index is 0.890. The molecule has 5 aliphatic heterocycles. The Labute approximate surface area is 502 Å². The third kappa shape index (κ3) is 11.0. The molecular weight excluding hydrogens is 1160 g/mol. The summed E-state index contributed by atoms with van der Waals surface area (Å²) in [5.41, 5.74) is -5.12. The van der Waals surface area contributed by atoms with Gasteiger partial charge in [0.15, 0.2) is 31.3 Å². The number of hydrogen-bond donors (Lipinski definition) is 18. The van der Waals surface area contributed by atoms with Crippen LogP contribution in [0.1, 0.15) is 92.9 Å². The molecule has 10 rings (SSSR count). The van der Waals surface area contributed by atoms with Crippen molar-refractivity contribution >= 4 is 5.97 Å². The number of aliphatic hydroxyl groups excluding tert-OH is 18. The van der Waals surface area contributed by atoms with E-state index in [1.807, 2.05) is 6.92 Å². The molecule has 0 radical (unpaired) electrons. The Hall–Kier alpha value is -1.87. The molecule has 5 aliphatic carbocycles. The van der Waals surface area contributed by atoms with Crippen LogP contribution in [0.5, 0.6) is 0 Å². The number of rotatable bonds is 15. The molecule has 500 valence electrons. The highest BCUT2D eigenvalue weighted by atomic mass is 16.8. The lowest BCUT2D eigenvalue weighted by molar-refractivity contribution is -0.377. The van der Waals surface area contributed by atoms with Crippen LogP contribution in [0.25, 0.3) is 0 Å². The van der Waals surface area contributed by atoms with Gasteiger partial charge in [-0.1, -0.05) is 46.3 Å². The molecule has 0 aromatic heterocycles. The second-order valence-electron chi connectivity index (χ2n) is 28.1. The molecular formula is C58H94O29. The van der Waals surface area contributed by atoms with E-state index in [1.165, 1.54) is 6.92 Å². The van der Waals surface area contributed by atoms with E-state index in [4.69, 9.17) is 47.4 Å². The SMILES string of the molecule is C[C@@H]1O[C@@H](O[C@H]2[C@H](OC(=O)[C@]34CCC(C)(C)C[C@H]3C3=CCC5[C@@]6(C)C[C@H](O)[C@H](OC7O[C@H](CO)[C@@H](O)[C@H](OC8O[C@H](CO)[C@@H](O)[C@H](O)[C@H]8O)[C@H]7O)C(CO)(CO)C6CC[C@@]5(C)[C@]3(C)C[C@H]4O)O[C@@H](CO)[C@@H]2O)[C@H](O)[C@H](O)[C@H]1O[C@@H]1OC[C@@H](O)[C@H](O)[C@H]1O. The molecule has 87 heavy (non-hydrogen) atoms. The average Bonchev–Trinajstić information content (AvgIpc) is 0.845. The highest BCUT2D eigenvalue weighted by molar-refractivity contribution is 5.80. The lowest BCUT2D eigenvalue weighted by atomic mass is 9.33. The molecule has 9 fully saturated rings. The van der Waals surface area contributed by atoms with Crippen molar-refractivity contribution in [2.24, 2.45) is 50.2 Å². The van der Waals surface area contributed by atoms with Crippen LogP contribution in [0.3, 0.4) is 0 Å². The van der Waals surface area contributed by atoms with E-state index in [0.29, 0.717) is 32.1 Å². The van der Waals surface area contributed by atoms with Crippen molar-refractivity contribution in [2.75, 3.05) is 39.6 Å². The van der Waals surface area contributed by atoms with Crippen molar-refractivity contribution in [3.63, 3.8) is 0 Å². The van der Waals surface area contributed by atoms with Gasteiger partial charge in [0.1, 0.15) is 103 Å². The molecule has 4 unspecified atom stereocenters. The quantitative estimate of drug-likeness (QED) is 0.0412. The number of allylic oxidation sites excluding steroid dienone is 2. The van der Waals surface area contributed by atoms with Crippen LogP contribution in [0, 0.1) is 50.2 Å². The van der Waals surface area contributed by atoms with Crippen molar-refractivity contribution in [3.05, 3.63) is 11.6 Å². The molecule has 0 spiro atoms. The fourth-order valence-corrected chi connectivity index (χ4v) is 17.8. The Kier molecular flexibility index (Phi) is 19.6. The van der Waals surface area contributed by atoms with Crippen LogP contribution in [0.4, 0.5) is 0 Å². The van der Waals surface area contributed by atoms with Crippen LogP contribution >= 0.6 is 0 Å². The minimum absolute atomic E-state index is 0.0232. The third-order valence-electron chi connectivity index (χ3n) is 22.9. The minimum Gasteiger partial charge on any atom is -0.432 e. The highest BCUT2D eigenvalue weighted by Gasteiger charge is 2.74. The van der Waals surface area contributed by atoms with Gasteiger partial charge in [-0.25, -0.2) is 0 Å². The maximum Gasteiger partial charge on any atom is 0.317 e. The molecule has 29 heteroatoms. The van der Waals surface area contributed by atoms with Crippen LogP contribution in [-0.4, -0.2) is 297 Å². The lowest BCUT2D eigenvalue weighted by Crippen LogP contribution is -2.72. The standard InChI is InChI=1S/C58H94O29/c1-22-43(83-47-39(73)33(67)26(65)19-78-47)38(72)41(75)48(79-22)85-45-36(70)29(18-61)82-51(45)87-52(77)58-12-11-53(2,3)13-24(58)23-7-8-30-54(4)14-25(64)46(57(20-62,21-63)31(54)9-10-55(30,5)56(23,6)15-32(58)66)86-50-42(76)44(35(69)28(17-60)81-50)84-49-40(74)37(71)34(68)27(16-59)80-49/h7,22,24-51,59-76H,8-21H2,1-6H3/t22-,24-,25-,26+,27+,28+,29-,30?,31?,32+,33-,34+,35+,36-,37-,38-,39+,40+,41+,42+,43-,44-,45+,46-,47-,48-,49?,50?,51-,54+,55+,56+,58+/m0/s1. The minimum atomic E-state index is -1.98. The van der Waals surface area contributed by atoms with E-state index in [1.54, 1.807) is 0 Å². The number of esters is 1. The van der Waals surface area contributed by atoms with Crippen LogP contribution in [-0.2, 0) is 52.2 Å². The van der Waals surface area contributed by atoms with E-state index >= 15 is 4.79 Å². The molecule has 5 saturated heterocycles. The smallest absolute Gasteiger partial charge is 0.317 e. The molecule has 4 saturated carbocycles. The molecule has 33 atom stereocenters. The Morgan fingerprint density at radius 1 is 0.540 bits per heavy atom. The van der Waals surface area contributed by atoms with Gasteiger partial charge in [0.25, 0.3) is 0 Å². The monoisotopic (exact) mass is 1250 g/mol. The summed E-state index contributed by atoms with van der Waals surface area (Å²) in [4.78, 5) is 15.4. The molecule has 18 N–H and O–H groups in total. The number of ether oxygens (including phenoxy) is 10. The van der Waals surface area contributed by atoms with Crippen molar-refractivity contribution in [1.29, 1.82) is 0 Å². The summed E-state index contributed by atoms with van der Waals surface area (Å²) in [6, 6.07) is 0. The Morgan fingerprint density at radius 2 is 1.09 bits per heavy atom. The first-order valence-corrected chi connectivity index (χ1v) is 30.5. The normalized spacial score (nSPS) is 53.9. The van der Waals surface area contributed by atoms with E-state index in [2.05, 4.69) is 33.8 Å². The van der Waals surface area contributed by atoms with Crippen molar-refractivity contribution in [3.8, 4) is 0 Å². The van der Waals surface area contributed by atoms with Crippen LogP contribution in [0.15, 0.2) is 11.6 Å². The summed E-state index contributed by atoms with van der Waals surface area (Å²) >= 11 is 0. The lowest BCUT2D eigenvalue weighted by Gasteiger charge is -2.72. The van der Waals surface area contributed by atoms with Gasteiger partial charge in [-0.2, -0.15) is 0 Å². The molecule has 29 nitrogen and oxygen atoms in total. The van der Waals surface area contributed by atoms with Gasteiger partial charge in [0.2, 0.25) is 6.29 Å². The predicted octanol–water partition coefficient (Wildman–Crippen LogP) is -6.02.